The molecule has 2 aromatic carbocycles. The third kappa shape index (κ3) is 5.04. The largest absolute Gasteiger partial charge is 0.348 e. The van der Waals surface area contributed by atoms with Crippen molar-refractivity contribution in [1.82, 2.24) is 10.3 Å². The van der Waals surface area contributed by atoms with Crippen LogP contribution in [0.5, 0.6) is 0 Å². The van der Waals surface area contributed by atoms with Gasteiger partial charge in [-0.3, -0.25) is 14.6 Å². The Morgan fingerprint density at radius 2 is 1.83 bits per heavy atom. The third-order valence-corrected chi connectivity index (χ3v) is 5.53. The molecule has 3 aromatic rings. The van der Waals surface area contributed by atoms with Gasteiger partial charge in [0.05, 0.1) is 10.6 Å². The number of benzene rings is 2. The second-order valence-electron chi connectivity index (χ2n) is 6.64. The lowest BCUT2D eigenvalue weighted by molar-refractivity contribution is -0.116. The summed E-state index contributed by atoms with van der Waals surface area (Å²) in [7, 11) is 0. The Balaban J connectivity index is 1.37. The minimum Gasteiger partial charge on any atom is -0.348 e. The van der Waals surface area contributed by atoms with Crippen LogP contribution in [0.3, 0.4) is 0 Å². The van der Waals surface area contributed by atoms with Crippen molar-refractivity contribution >= 4 is 41.4 Å². The summed E-state index contributed by atoms with van der Waals surface area (Å²) in [6.45, 7) is 0.437. The number of nitrogens with zero attached hydrogens (tertiary/aromatic N) is 1. The zero-order chi connectivity index (χ0) is 20.8. The predicted molar refractivity (Wildman–Crippen MR) is 120 cm³/mol. The van der Waals surface area contributed by atoms with E-state index in [-0.39, 0.29) is 11.8 Å². The van der Waals surface area contributed by atoms with E-state index in [1.807, 2.05) is 66.7 Å². The summed E-state index contributed by atoms with van der Waals surface area (Å²) in [5, 5.41) is 5.74. The number of para-hydroxylation sites is 1. The number of nitrogens with one attached hydrogen (secondary N) is 2. The van der Waals surface area contributed by atoms with Gasteiger partial charge in [0.2, 0.25) is 5.91 Å². The highest BCUT2D eigenvalue weighted by atomic mass is 32.2. The van der Waals surface area contributed by atoms with Crippen molar-refractivity contribution in [2.45, 2.75) is 11.4 Å². The molecular formula is C24H19N3O2S. The predicted octanol–water partition coefficient (Wildman–Crippen LogP) is 4.50. The van der Waals surface area contributed by atoms with Gasteiger partial charge >= 0.3 is 0 Å². The van der Waals surface area contributed by atoms with E-state index < -0.39 is 0 Å². The second kappa shape index (κ2) is 9.24. The van der Waals surface area contributed by atoms with Gasteiger partial charge in [-0.25, -0.2) is 0 Å². The van der Waals surface area contributed by atoms with Crippen LogP contribution in [0.15, 0.2) is 88.9 Å². The number of rotatable bonds is 5. The van der Waals surface area contributed by atoms with Crippen LogP contribution in [0.1, 0.15) is 16.7 Å². The molecule has 6 heteroatoms. The topological polar surface area (TPSA) is 71.1 Å². The molecule has 2 amide bonds. The molecular weight excluding hydrogens is 394 g/mol. The van der Waals surface area contributed by atoms with Crippen molar-refractivity contribution < 1.29 is 9.59 Å². The van der Waals surface area contributed by atoms with Gasteiger partial charge in [0.25, 0.3) is 5.91 Å². The van der Waals surface area contributed by atoms with Crippen molar-refractivity contribution in [2.75, 3.05) is 5.32 Å². The lowest BCUT2D eigenvalue weighted by atomic mass is 10.1. The fraction of sp³-hybridized carbons (Fsp3) is 0.0417. The van der Waals surface area contributed by atoms with Crippen LogP contribution in [0.2, 0.25) is 0 Å². The van der Waals surface area contributed by atoms with E-state index >= 15 is 0 Å². The average Bonchev–Trinajstić information content (AvgIpc) is 2.78. The highest BCUT2D eigenvalue weighted by Gasteiger charge is 2.20. The molecule has 0 spiro atoms. The number of carbonyl (C=O) groups is 2. The number of carbonyl (C=O) groups excluding carboxylic acids is 2. The molecule has 2 N–H and O–H groups in total. The number of pyridine rings is 1. The van der Waals surface area contributed by atoms with Crippen LogP contribution >= 0.6 is 11.8 Å². The van der Waals surface area contributed by atoms with Crippen molar-refractivity contribution in [2.24, 2.45) is 0 Å². The number of anilines is 1. The number of thioether (sulfide) groups is 1. The molecule has 0 radical (unpaired) electrons. The monoisotopic (exact) mass is 413 g/mol. The summed E-state index contributed by atoms with van der Waals surface area (Å²) >= 11 is 1.46. The fourth-order valence-electron chi connectivity index (χ4n) is 2.88. The van der Waals surface area contributed by atoms with Gasteiger partial charge in [-0.05, 0) is 47.0 Å². The SMILES string of the molecule is O=C(/C=C/c1ccc(/C=C2/Sc3ccccc3NC2=O)cc1)NCc1cccnc1. The molecule has 1 aromatic heterocycles. The highest BCUT2D eigenvalue weighted by molar-refractivity contribution is 8.04. The molecule has 0 saturated carbocycles. The van der Waals surface area contributed by atoms with Crippen molar-refractivity contribution in [3.63, 3.8) is 0 Å². The van der Waals surface area contributed by atoms with Gasteiger partial charge in [-0.2, -0.15) is 0 Å². The van der Waals surface area contributed by atoms with Crippen LogP contribution in [0.25, 0.3) is 12.2 Å². The maximum Gasteiger partial charge on any atom is 0.262 e. The first-order valence-electron chi connectivity index (χ1n) is 9.42. The van der Waals surface area contributed by atoms with Crippen LogP contribution < -0.4 is 10.6 Å². The number of fused-ring (bicyclic) bond motifs is 1. The van der Waals surface area contributed by atoms with Crippen molar-refractivity contribution in [3.8, 4) is 0 Å². The first kappa shape index (κ1) is 19.7. The molecule has 2 heterocycles. The van der Waals surface area contributed by atoms with Crippen LogP contribution in [0, 0.1) is 0 Å². The molecule has 5 nitrogen and oxygen atoms in total. The smallest absolute Gasteiger partial charge is 0.262 e. The van der Waals surface area contributed by atoms with E-state index in [1.54, 1.807) is 18.5 Å². The molecule has 0 unspecified atom stereocenters. The van der Waals surface area contributed by atoms with Gasteiger partial charge in [0, 0.05) is 29.9 Å². The molecule has 0 saturated heterocycles. The number of hydrogen-bond acceptors (Lipinski definition) is 4. The van der Waals surface area contributed by atoms with Gasteiger partial charge in [-0.15, -0.1) is 0 Å². The molecule has 1 aliphatic heterocycles. The van der Waals surface area contributed by atoms with Gasteiger partial charge in [0.1, 0.15) is 0 Å². The average molecular weight is 414 g/mol. The molecule has 0 aliphatic carbocycles. The lowest BCUT2D eigenvalue weighted by Gasteiger charge is -2.18. The molecule has 148 valence electrons. The molecule has 0 fully saturated rings. The van der Waals surface area contributed by atoms with Crippen molar-refractivity contribution in [1.29, 1.82) is 0 Å². The maximum atomic E-state index is 12.3. The van der Waals surface area contributed by atoms with Gasteiger partial charge < -0.3 is 10.6 Å². The third-order valence-electron chi connectivity index (χ3n) is 4.43. The van der Waals surface area contributed by atoms with Crippen LogP contribution in [-0.2, 0) is 16.1 Å². The number of amides is 2. The maximum absolute atomic E-state index is 12.3. The van der Waals surface area contributed by atoms with E-state index in [0.29, 0.717) is 11.4 Å². The molecule has 30 heavy (non-hydrogen) atoms. The molecule has 0 bridgehead atoms. The van der Waals surface area contributed by atoms with E-state index in [4.69, 9.17) is 0 Å². The lowest BCUT2D eigenvalue weighted by Crippen LogP contribution is -2.20. The van der Waals surface area contributed by atoms with Crippen LogP contribution in [-0.4, -0.2) is 16.8 Å². The van der Waals surface area contributed by atoms with Crippen LogP contribution in [0.4, 0.5) is 5.69 Å². The quantitative estimate of drug-likeness (QED) is 0.605. The Bertz CT molecular complexity index is 1120. The minimum absolute atomic E-state index is 0.104. The first-order valence-corrected chi connectivity index (χ1v) is 10.2. The summed E-state index contributed by atoms with van der Waals surface area (Å²) in [5.41, 5.74) is 3.61. The minimum atomic E-state index is -0.168. The van der Waals surface area contributed by atoms with E-state index in [0.717, 1.165) is 27.3 Å². The molecule has 4 rings (SSSR count). The summed E-state index contributed by atoms with van der Waals surface area (Å²) in [5.74, 6) is -0.271. The van der Waals surface area contributed by atoms with E-state index in [2.05, 4.69) is 15.6 Å². The highest BCUT2D eigenvalue weighted by Crippen LogP contribution is 2.38. The van der Waals surface area contributed by atoms with Gasteiger partial charge in [-0.1, -0.05) is 54.2 Å². The van der Waals surface area contributed by atoms with Crippen molar-refractivity contribution in [3.05, 3.63) is 101 Å². The van der Waals surface area contributed by atoms with Gasteiger partial charge in [0.15, 0.2) is 0 Å². The standard InChI is InChI=1S/C24H19N3O2S/c28-23(26-16-19-4-3-13-25-15-19)12-11-17-7-9-18(10-8-17)14-22-24(29)27-20-5-1-2-6-21(20)30-22/h1-15H,16H2,(H,26,28)(H,27,29)/b12-11+,22-14+. The Hall–Kier alpha value is -3.64. The zero-order valence-corrected chi connectivity index (χ0v) is 16.9. The Morgan fingerprint density at radius 1 is 1.03 bits per heavy atom. The molecule has 0 atom stereocenters. The Kier molecular flexibility index (Phi) is 6.06. The fourth-order valence-corrected chi connectivity index (χ4v) is 3.83. The number of aromatic nitrogens is 1. The summed E-state index contributed by atoms with van der Waals surface area (Å²) < 4.78 is 0. The zero-order valence-electron chi connectivity index (χ0n) is 16.0. The molecule has 1 aliphatic rings. The second-order valence-corrected chi connectivity index (χ2v) is 7.72. The summed E-state index contributed by atoms with van der Waals surface area (Å²) in [4.78, 5) is 30.0. The van der Waals surface area contributed by atoms with E-state index in [1.165, 1.54) is 17.8 Å². The normalized spacial score (nSPS) is 14.4. The number of hydrogen-bond donors (Lipinski definition) is 2. The summed E-state index contributed by atoms with van der Waals surface area (Å²) in [6, 6.07) is 19.2. The Morgan fingerprint density at radius 3 is 2.63 bits per heavy atom. The van der Waals surface area contributed by atoms with E-state index in [9.17, 15) is 9.59 Å². The Labute approximate surface area is 178 Å². The first-order chi connectivity index (χ1) is 14.7. The summed E-state index contributed by atoms with van der Waals surface area (Å²) in [6.07, 6.45) is 8.55.